The lowest BCUT2D eigenvalue weighted by atomic mass is 10.2. The molecule has 0 saturated heterocycles. The first-order valence-electron chi connectivity index (χ1n) is 6.41. The smallest absolute Gasteiger partial charge is 0.210 e. The van der Waals surface area contributed by atoms with E-state index in [2.05, 4.69) is 0 Å². The summed E-state index contributed by atoms with van der Waals surface area (Å²) in [5, 5.41) is 9.14. The minimum atomic E-state index is -3.63. The fraction of sp³-hybridized carbons (Fsp3) is 0.333. The average Bonchev–Trinajstić information content (AvgIpc) is 2.84. The van der Waals surface area contributed by atoms with E-state index < -0.39 is 9.84 Å². The maximum atomic E-state index is 12.7. The lowest BCUT2D eigenvalue weighted by Crippen LogP contribution is -2.04. The molecule has 2 rings (SSSR count). The van der Waals surface area contributed by atoms with E-state index in [0.29, 0.717) is 5.76 Å². The minimum Gasteiger partial charge on any atom is -0.462 e. The molecule has 0 amide bonds. The number of sulfone groups is 1. The molecule has 0 atom stereocenters. The summed E-state index contributed by atoms with van der Waals surface area (Å²) < 4.78 is 30.7. The van der Waals surface area contributed by atoms with Crippen LogP contribution >= 0.6 is 0 Å². The number of aliphatic hydroxyl groups excluding tert-OH is 1. The molecule has 0 spiro atoms. The second kappa shape index (κ2) is 5.42. The van der Waals surface area contributed by atoms with Crippen LogP contribution in [0.4, 0.5) is 0 Å². The topological polar surface area (TPSA) is 67.5 Å². The molecular weight excluding hydrogens is 276 g/mol. The number of aryl methyl sites for hydroxylation is 1. The first-order valence-corrected chi connectivity index (χ1v) is 7.89. The highest BCUT2D eigenvalue weighted by molar-refractivity contribution is 7.91. The van der Waals surface area contributed by atoms with Gasteiger partial charge in [0.15, 0.2) is 0 Å². The van der Waals surface area contributed by atoms with Crippen LogP contribution in [0.2, 0.25) is 0 Å². The number of aliphatic hydroxyl groups is 1. The van der Waals surface area contributed by atoms with Gasteiger partial charge in [-0.25, -0.2) is 8.42 Å². The van der Waals surface area contributed by atoms with Crippen molar-refractivity contribution in [2.45, 2.75) is 43.1 Å². The predicted octanol–water partition coefficient (Wildman–Crippen LogP) is 3.04. The first-order chi connectivity index (χ1) is 9.36. The largest absolute Gasteiger partial charge is 0.462 e. The third-order valence-electron chi connectivity index (χ3n) is 3.08. The summed E-state index contributed by atoms with van der Waals surface area (Å²) >= 11 is 0. The van der Waals surface area contributed by atoms with Crippen molar-refractivity contribution in [3.63, 3.8) is 0 Å². The van der Waals surface area contributed by atoms with E-state index in [4.69, 9.17) is 9.52 Å². The molecule has 2 aromatic rings. The van der Waals surface area contributed by atoms with Crippen molar-refractivity contribution in [1.82, 2.24) is 0 Å². The molecule has 4 nitrogen and oxygen atoms in total. The Morgan fingerprint density at radius 2 is 1.80 bits per heavy atom. The Balaban J connectivity index is 2.59. The highest BCUT2D eigenvalue weighted by Gasteiger charge is 2.26. The second-order valence-electron chi connectivity index (χ2n) is 5.07. The summed E-state index contributed by atoms with van der Waals surface area (Å²) in [6, 6.07) is 8.09. The molecule has 0 bridgehead atoms. The highest BCUT2D eigenvalue weighted by Crippen LogP contribution is 2.31. The van der Waals surface area contributed by atoms with E-state index in [0.717, 1.165) is 5.56 Å². The molecule has 0 aliphatic carbocycles. The molecule has 1 heterocycles. The molecule has 1 aromatic carbocycles. The monoisotopic (exact) mass is 294 g/mol. The van der Waals surface area contributed by atoms with E-state index in [9.17, 15) is 8.42 Å². The van der Waals surface area contributed by atoms with Crippen molar-refractivity contribution in [2.24, 2.45) is 0 Å². The Morgan fingerprint density at radius 1 is 1.20 bits per heavy atom. The third-order valence-corrected chi connectivity index (χ3v) is 4.87. The summed E-state index contributed by atoms with van der Waals surface area (Å²) in [7, 11) is -3.63. The maximum Gasteiger partial charge on any atom is 0.210 e. The SMILES string of the molecule is Cc1ccc(S(=O)(=O)c2cc(CO)oc2C(C)C)cc1. The van der Waals surface area contributed by atoms with Gasteiger partial charge in [-0.3, -0.25) is 0 Å². The Morgan fingerprint density at radius 3 is 2.30 bits per heavy atom. The van der Waals surface area contributed by atoms with Gasteiger partial charge in [0.25, 0.3) is 0 Å². The minimum absolute atomic E-state index is 0.0782. The Labute approximate surface area is 119 Å². The Kier molecular flexibility index (Phi) is 4.01. The molecule has 1 N–H and O–H groups in total. The summed E-state index contributed by atoms with van der Waals surface area (Å²) in [5.41, 5.74) is 0.997. The highest BCUT2D eigenvalue weighted by atomic mass is 32.2. The standard InChI is InChI=1S/C15H18O4S/c1-10(2)15-14(8-12(9-16)19-15)20(17,18)13-6-4-11(3)5-7-13/h4-8,10,16H,9H2,1-3H3. The zero-order chi connectivity index (χ0) is 14.9. The normalized spacial score (nSPS) is 12.1. The van der Waals surface area contributed by atoms with Crippen molar-refractivity contribution in [3.05, 3.63) is 47.4 Å². The number of hydrogen-bond acceptors (Lipinski definition) is 4. The van der Waals surface area contributed by atoms with E-state index in [1.165, 1.54) is 6.07 Å². The number of hydrogen-bond donors (Lipinski definition) is 1. The third kappa shape index (κ3) is 2.64. The summed E-state index contributed by atoms with van der Waals surface area (Å²) in [5.74, 6) is 0.569. The van der Waals surface area contributed by atoms with E-state index in [1.54, 1.807) is 24.3 Å². The van der Waals surface area contributed by atoms with Crippen molar-refractivity contribution in [2.75, 3.05) is 0 Å². The van der Waals surface area contributed by atoms with Gasteiger partial charge >= 0.3 is 0 Å². The first kappa shape index (κ1) is 14.8. The molecule has 0 aliphatic rings. The Hall–Kier alpha value is -1.59. The van der Waals surface area contributed by atoms with Gasteiger partial charge in [0.05, 0.1) is 4.90 Å². The Bertz CT molecular complexity index is 694. The van der Waals surface area contributed by atoms with Crippen LogP contribution < -0.4 is 0 Å². The van der Waals surface area contributed by atoms with Gasteiger partial charge in [0.2, 0.25) is 9.84 Å². The van der Waals surface area contributed by atoms with Crippen LogP contribution in [-0.2, 0) is 16.4 Å². The molecule has 0 fully saturated rings. The van der Waals surface area contributed by atoms with E-state index >= 15 is 0 Å². The number of furan rings is 1. The van der Waals surface area contributed by atoms with Crippen LogP contribution in [0.3, 0.4) is 0 Å². The molecule has 0 aliphatic heterocycles. The van der Waals surface area contributed by atoms with Gasteiger partial charge in [0, 0.05) is 12.0 Å². The van der Waals surface area contributed by atoms with E-state index in [1.807, 2.05) is 20.8 Å². The van der Waals surface area contributed by atoms with Crippen LogP contribution in [0.15, 0.2) is 44.5 Å². The fourth-order valence-electron chi connectivity index (χ4n) is 1.97. The fourth-order valence-corrected chi connectivity index (χ4v) is 3.55. The summed E-state index contributed by atoms with van der Waals surface area (Å²) in [6.07, 6.45) is 0. The quantitative estimate of drug-likeness (QED) is 0.941. The van der Waals surface area contributed by atoms with Crippen LogP contribution in [0, 0.1) is 6.92 Å². The number of rotatable bonds is 4. The van der Waals surface area contributed by atoms with Crippen LogP contribution in [0.1, 0.15) is 36.8 Å². The molecular formula is C15H18O4S. The maximum absolute atomic E-state index is 12.7. The van der Waals surface area contributed by atoms with Crippen LogP contribution in [0.25, 0.3) is 0 Å². The van der Waals surface area contributed by atoms with E-state index in [-0.39, 0.29) is 28.1 Å². The lowest BCUT2D eigenvalue weighted by molar-refractivity contribution is 0.242. The second-order valence-corrected chi connectivity index (χ2v) is 6.99. The summed E-state index contributed by atoms with van der Waals surface area (Å²) in [6.45, 7) is 5.29. The molecule has 1 aromatic heterocycles. The zero-order valence-corrected chi connectivity index (χ0v) is 12.6. The molecule has 5 heteroatoms. The van der Waals surface area contributed by atoms with Gasteiger partial charge in [-0.1, -0.05) is 31.5 Å². The van der Waals surface area contributed by atoms with Gasteiger partial charge in [-0.15, -0.1) is 0 Å². The lowest BCUT2D eigenvalue weighted by Gasteiger charge is -2.07. The van der Waals surface area contributed by atoms with Gasteiger partial charge in [-0.2, -0.15) is 0 Å². The molecule has 0 saturated carbocycles. The predicted molar refractivity (Wildman–Crippen MR) is 75.4 cm³/mol. The van der Waals surface area contributed by atoms with Crippen molar-refractivity contribution < 1.29 is 17.9 Å². The van der Waals surface area contributed by atoms with Crippen molar-refractivity contribution in [1.29, 1.82) is 0 Å². The average molecular weight is 294 g/mol. The zero-order valence-electron chi connectivity index (χ0n) is 11.8. The van der Waals surface area contributed by atoms with Gasteiger partial charge < -0.3 is 9.52 Å². The molecule has 0 radical (unpaired) electrons. The molecule has 108 valence electrons. The van der Waals surface area contributed by atoms with Crippen LogP contribution in [-0.4, -0.2) is 13.5 Å². The van der Waals surface area contributed by atoms with Crippen molar-refractivity contribution >= 4 is 9.84 Å². The van der Waals surface area contributed by atoms with Crippen LogP contribution in [0.5, 0.6) is 0 Å². The molecule has 20 heavy (non-hydrogen) atoms. The van der Waals surface area contributed by atoms with Gasteiger partial charge in [-0.05, 0) is 19.1 Å². The van der Waals surface area contributed by atoms with Gasteiger partial charge in [0.1, 0.15) is 23.0 Å². The van der Waals surface area contributed by atoms with Crippen molar-refractivity contribution in [3.8, 4) is 0 Å². The number of benzene rings is 1. The molecule has 0 unspecified atom stereocenters. The summed E-state index contributed by atoms with van der Waals surface area (Å²) in [4.78, 5) is 0.371.